The van der Waals surface area contributed by atoms with Crippen molar-refractivity contribution in [3.05, 3.63) is 51.7 Å². The summed E-state index contributed by atoms with van der Waals surface area (Å²) in [6, 6.07) is 10.0. The number of aromatic nitrogens is 2. The summed E-state index contributed by atoms with van der Waals surface area (Å²) >= 11 is 3.35. The molecule has 22 heavy (non-hydrogen) atoms. The number of fused-ring (bicyclic) bond motifs is 1. The molecular formula is C15H14N4OS2. The van der Waals surface area contributed by atoms with Gasteiger partial charge in [0.25, 0.3) is 5.91 Å². The van der Waals surface area contributed by atoms with E-state index < -0.39 is 0 Å². The number of carbonyl (C=O) groups is 1. The second-order valence-electron chi connectivity index (χ2n) is 5.02. The molecule has 0 fully saturated rings. The number of hydrogen-bond acceptors (Lipinski definition) is 5. The van der Waals surface area contributed by atoms with E-state index in [4.69, 9.17) is 0 Å². The van der Waals surface area contributed by atoms with E-state index in [1.165, 1.54) is 4.88 Å². The van der Waals surface area contributed by atoms with E-state index >= 15 is 0 Å². The van der Waals surface area contributed by atoms with Gasteiger partial charge in [-0.25, -0.2) is 4.68 Å². The Balaban J connectivity index is 1.61. The lowest BCUT2D eigenvalue weighted by molar-refractivity contribution is 0.0900. The standard InChI is InChI=1S/C15H14N4OS2/c20-15-12-7-11(13-4-2-6-22-13)18-19(12)14(9-17-15)16-8-10-3-1-5-21-10/h1-7,14,16H,8-9H2,(H,17,20)/t14-/m1/s1. The molecule has 3 aromatic heterocycles. The number of rotatable bonds is 4. The molecule has 0 spiro atoms. The fraction of sp³-hybridized carbons (Fsp3) is 0.200. The highest BCUT2D eigenvalue weighted by atomic mass is 32.1. The zero-order valence-electron chi connectivity index (χ0n) is 11.7. The van der Waals surface area contributed by atoms with Gasteiger partial charge in [0, 0.05) is 11.4 Å². The van der Waals surface area contributed by atoms with Gasteiger partial charge in [-0.05, 0) is 29.0 Å². The molecule has 0 aliphatic carbocycles. The highest BCUT2D eigenvalue weighted by Crippen LogP contribution is 2.26. The third kappa shape index (κ3) is 2.47. The predicted molar refractivity (Wildman–Crippen MR) is 88.1 cm³/mol. The number of hydrogen-bond donors (Lipinski definition) is 2. The number of nitrogens with zero attached hydrogens (tertiary/aromatic N) is 2. The van der Waals surface area contributed by atoms with E-state index in [0.717, 1.165) is 17.1 Å². The summed E-state index contributed by atoms with van der Waals surface area (Å²) in [5, 5.41) is 15.1. The molecule has 1 aliphatic heterocycles. The summed E-state index contributed by atoms with van der Waals surface area (Å²) in [6.45, 7) is 1.31. The van der Waals surface area contributed by atoms with Crippen LogP contribution in [0, 0.1) is 0 Å². The first-order chi connectivity index (χ1) is 10.8. The average Bonchev–Trinajstić information content (AvgIpc) is 3.26. The van der Waals surface area contributed by atoms with Crippen molar-refractivity contribution in [3.8, 4) is 10.6 Å². The minimum Gasteiger partial charge on any atom is -0.347 e. The van der Waals surface area contributed by atoms with E-state index in [2.05, 4.69) is 27.2 Å². The predicted octanol–water partition coefficient (Wildman–Crippen LogP) is 2.70. The van der Waals surface area contributed by atoms with E-state index in [1.54, 1.807) is 22.7 Å². The second kappa shape index (κ2) is 5.68. The van der Waals surface area contributed by atoms with E-state index in [0.29, 0.717) is 12.2 Å². The van der Waals surface area contributed by atoms with Gasteiger partial charge >= 0.3 is 0 Å². The maximum atomic E-state index is 12.1. The lowest BCUT2D eigenvalue weighted by atomic mass is 10.2. The van der Waals surface area contributed by atoms with Crippen LogP contribution in [0.3, 0.4) is 0 Å². The molecule has 1 atom stereocenters. The van der Waals surface area contributed by atoms with Crippen LogP contribution < -0.4 is 10.6 Å². The number of amides is 1. The summed E-state index contributed by atoms with van der Waals surface area (Å²) in [7, 11) is 0. The van der Waals surface area contributed by atoms with Crippen molar-refractivity contribution in [3.63, 3.8) is 0 Å². The maximum absolute atomic E-state index is 12.1. The highest BCUT2D eigenvalue weighted by molar-refractivity contribution is 7.13. The van der Waals surface area contributed by atoms with Crippen LogP contribution in [-0.2, 0) is 6.54 Å². The molecule has 0 aromatic carbocycles. The molecule has 0 saturated heterocycles. The van der Waals surface area contributed by atoms with Gasteiger partial charge in [-0.15, -0.1) is 22.7 Å². The highest BCUT2D eigenvalue weighted by Gasteiger charge is 2.27. The third-order valence-corrected chi connectivity index (χ3v) is 5.35. The van der Waals surface area contributed by atoms with Crippen molar-refractivity contribution in [2.24, 2.45) is 0 Å². The molecule has 7 heteroatoms. The summed E-state index contributed by atoms with van der Waals surface area (Å²) < 4.78 is 1.81. The minimum absolute atomic E-state index is 0.0245. The Morgan fingerprint density at radius 1 is 1.32 bits per heavy atom. The molecule has 5 nitrogen and oxygen atoms in total. The van der Waals surface area contributed by atoms with Crippen LogP contribution in [0.1, 0.15) is 21.5 Å². The Kier molecular flexibility index (Phi) is 3.53. The molecule has 0 radical (unpaired) electrons. The first-order valence-electron chi connectivity index (χ1n) is 6.98. The Labute approximate surface area is 135 Å². The van der Waals surface area contributed by atoms with Crippen molar-refractivity contribution in [1.82, 2.24) is 20.4 Å². The van der Waals surface area contributed by atoms with Crippen LogP contribution in [0.5, 0.6) is 0 Å². The van der Waals surface area contributed by atoms with Gasteiger partial charge in [-0.3, -0.25) is 10.1 Å². The van der Waals surface area contributed by atoms with E-state index in [-0.39, 0.29) is 12.1 Å². The third-order valence-electron chi connectivity index (χ3n) is 3.59. The van der Waals surface area contributed by atoms with Crippen molar-refractivity contribution < 1.29 is 4.79 Å². The Bertz CT molecular complexity index is 777. The van der Waals surface area contributed by atoms with Crippen LogP contribution in [0.25, 0.3) is 10.6 Å². The minimum atomic E-state index is -0.0653. The Morgan fingerprint density at radius 2 is 2.18 bits per heavy atom. The van der Waals surface area contributed by atoms with Gasteiger partial charge in [0.1, 0.15) is 17.6 Å². The monoisotopic (exact) mass is 330 g/mol. The van der Waals surface area contributed by atoms with Gasteiger partial charge in [-0.2, -0.15) is 5.10 Å². The summed E-state index contributed by atoms with van der Waals surface area (Å²) in [4.78, 5) is 14.4. The largest absolute Gasteiger partial charge is 0.347 e. The molecule has 2 N–H and O–H groups in total. The first-order valence-corrected chi connectivity index (χ1v) is 8.74. The Hall–Kier alpha value is -1.96. The lowest BCUT2D eigenvalue weighted by Crippen LogP contribution is -2.45. The first kappa shape index (κ1) is 13.7. The van der Waals surface area contributed by atoms with Crippen LogP contribution in [0.15, 0.2) is 41.1 Å². The SMILES string of the molecule is O=C1NC[C@H](NCc2cccs2)n2nc(-c3cccs3)cc21. The lowest BCUT2D eigenvalue weighted by Gasteiger charge is -2.25. The van der Waals surface area contributed by atoms with Crippen molar-refractivity contribution >= 4 is 28.6 Å². The molecule has 3 aromatic rings. The van der Waals surface area contributed by atoms with Gasteiger partial charge in [0.05, 0.1) is 11.4 Å². The quantitative estimate of drug-likeness (QED) is 0.773. The summed E-state index contributed by atoms with van der Waals surface area (Å²) in [6.07, 6.45) is -0.0245. The fourth-order valence-corrected chi connectivity index (χ4v) is 3.84. The van der Waals surface area contributed by atoms with Gasteiger partial charge < -0.3 is 5.32 Å². The molecule has 4 heterocycles. The van der Waals surface area contributed by atoms with Crippen LogP contribution in [0.2, 0.25) is 0 Å². The van der Waals surface area contributed by atoms with Crippen molar-refractivity contribution in [2.45, 2.75) is 12.7 Å². The zero-order valence-corrected chi connectivity index (χ0v) is 13.3. The molecule has 0 bridgehead atoms. The van der Waals surface area contributed by atoms with Gasteiger partial charge in [-0.1, -0.05) is 12.1 Å². The van der Waals surface area contributed by atoms with Crippen LogP contribution in [-0.4, -0.2) is 22.2 Å². The van der Waals surface area contributed by atoms with E-state index in [9.17, 15) is 4.79 Å². The number of carbonyl (C=O) groups excluding carboxylic acids is 1. The number of thiophene rings is 2. The van der Waals surface area contributed by atoms with E-state index in [1.807, 2.05) is 34.3 Å². The van der Waals surface area contributed by atoms with Crippen LogP contribution >= 0.6 is 22.7 Å². The normalized spacial score (nSPS) is 17.3. The fourth-order valence-electron chi connectivity index (χ4n) is 2.50. The zero-order chi connectivity index (χ0) is 14.9. The topological polar surface area (TPSA) is 59.0 Å². The summed E-state index contributed by atoms with van der Waals surface area (Å²) in [5.74, 6) is -0.0653. The van der Waals surface area contributed by atoms with Crippen molar-refractivity contribution in [1.29, 1.82) is 0 Å². The molecule has 4 rings (SSSR count). The van der Waals surface area contributed by atoms with Crippen LogP contribution in [0.4, 0.5) is 0 Å². The van der Waals surface area contributed by atoms with Crippen molar-refractivity contribution in [2.75, 3.05) is 6.54 Å². The molecule has 1 amide bonds. The molecule has 0 unspecified atom stereocenters. The molecule has 0 saturated carbocycles. The smallest absolute Gasteiger partial charge is 0.269 e. The van der Waals surface area contributed by atoms with Gasteiger partial charge in [0.2, 0.25) is 0 Å². The molecular weight excluding hydrogens is 316 g/mol. The molecule has 1 aliphatic rings. The average molecular weight is 330 g/mol. The summed E-state index contributed by atoms with van der Waals surface area (Å²) in [5.41, 5.74) is 1.46. The Morgan fingerprint density at radius 3 is 2.95 bits per heavy atom. The second-order valence-corrected chi connectivity index (χ2v) is 7.00. The molecule has 112 valence electrons. The maximum Gasteiger partial charge on any atom is 0.269 e. The van der Waals surface area contributed by atoms with Gasteiger partial charge in [0.15, 0.2) is 0 Å². The number of nitrogens with one attached hydrogen (secondary N) is 2.